The number of likely N-dealkylation sites (N-methyl/N-ethyl adjacent to an activating group) is 1. The molecule has 0 bridgehead atoms. The zero-order chi connectivity index (χ0) is 9.61. The number of hydrogen-bond donors (Lipinski definition) is 1. The number of aliphatic carboxylic acids is 1. The van der Waals surface area contributed by atoms with Crippen molar-refractivity contribution < 1.29 is 19.1 Å². The second kappa shape index (κ2) is 4.77. The van der Waals surface area contributed by atoms with Crippen LogP contribution in [-0.2, 0) is 9.53 Å². The van der Waals surface area contributed by atoms with Crippen LogP contribution in [0.4, 0.5) is 0 Å². The number of nitrogens with zero attached hydrogens (tertiary/aromatic N) is 1. The van der Waals surface area contributed by atoms with Crippen molar-refractivity contribution in [1.29, 1.82) is 0 Å². The van der Waals surface area contributed by atoms with Crippen molar-refractivity contribution in [2.24, 2.45) is 0 Å². The van der Waals surface area contributed by atoms with Crippen molar-refractivity contribution >= 4 is 5.97 Å². The molecule has 70 valence electrons. The average Bonchev–Trinajstić information content (AvgIpc) is 1.83. The Balaban J connectivity index is 3.40. The molecular weight excluding hydrogens is 158 g/mol. The second-order valence-corrected chi connectivity index (χ2v) is 3.53. The van der Waals surface area contributed by atoms with Gasteiger partial charge in [-0.25, -0.2) is 4.79 Å². The van der Waals surface area contributed by atoms with Crippen LogP contribution in [0.3, 0.4) is 0 Å². The Hall–Kier alpha value is -1.03. The highest BCUT2D eigenvalue weighted by molar-refractivity contribution is 5.79. The minimum absolute atomic E-state index is 0.535. The Morgan fingerprint density at radius 2 is 2.08 bits per heavy atom. The first-order chi connectivity index (χ1) is 5.42. The van der Waals surface area contributed by atoms with Crippen LogP contribution in [0.15, 0.2) is 12.3 Å². The summed E-state index contributed by atoms with van der Waals surface area (Å²) in [4.78, 5) is 9.99. The highest BCUT2D eigenvalue weighted by Gasteiger charge is 2.04. The number of rotatable bonds is 5. The summed E-state index contributed by atoms with van der Waals surface area (Å²) in [5.41, 5.74) is 0. The van der Waals surface area contributed by atoms with Crippen LogP contribution in [0.5, 0.6) is 0 Å². The molecule has 0 spiro atoms. The third-order valence-corrected chi connectivity index (χ3v) is 1.19. The van der Waals surface area contributed by atoms with Crippen LogP contribution in [-0.4, -0.2) is 49.9 Å². The van der Waals surface area contributed by atoms with Gasteiger partial charge in [0.25, 0.3) is 0 Å². The molecule has 0 rings (SSSR count). The normalized spacial score (nSPS) is 11.9. The molecule has 0 aromatic heterocycles. The van der Waals surface area contributed by atoms with E-state index >= 15 is 0 Å². The predicted octanol–water partition coefficient (Wildman–Crippen LogP) is 0.307. The molecule has 0 unspecified atom stereocenters. The molecular formula is C8H16NO3+. The number of carboxylic acids is 1. The lowest BCUT2D eigenvalue weighted by Gasteiger charge is -2.22. The Morgan fingerprint density at radius 3 is 2.50 bits per heavy atom. The highest BCUT2D eigenvalue weighted by atomic mass is 16.5. The van der Waals surface area contributed by atoms with E-state index in [1.165, 1.54) is 6.26 Å². The van der Waals surface area contributed by atoms with E-state index in [4.69, 9.17) is 9.84 Å². The number of hydrogen-bond acceptors (Lipinski definition) is 2. The van der Waals surface area contributed by atoms with Crippen molar-refractivity contribution in [2.45, 2.75) is 0 Å². The maximum atomic E-state index is 9.99. The number of carboxylic acid groups (broad SMARTS) is 1. The maximum absolute atomic E-state index is 9.99. The lowest BCUT2D eigenvalue weighted by Crippen LogP contribution is -2.37. The van der Waals surface area contributed by atoms with Gasteiger partial charge in [-0.15, -0.1) is 0 Å². The van der Waals surface area contributed by atoms with Gasteiger partial charge in [-0.2, -0.15) is 0 Å². The molecule has 0 aromatic rings. The molecule has 0 saturated heterocycles. The van der Waals surface area contributed by atoms with Gasteiger partial charge in [-0.1, -0.05) is 0 Å². The van der Waals surface area contributed by atoms with Gasteiger partial charge in [0, 0.05) is 0 Å². The largest absolute Gasteiger partial charge is 0.495 e. The molecule has 12 heavy (non-hydrogen) atoms. The minimum Gasteiger partial charge on any atom is -0.495 e. The lowest BCUT2D eigenvalue weighted by molar-refractivity contribution is -0.870. The Morgan fingerprint density at radius 1 is 1.50 bits per heavy atom. The van der Waals surface area contributed by atoms with E-state index in [1.54, 1.807) is 0 Å². The third-order valence-electron chi connectivity index (χ3n) is 1.19. The summed E-state index contributed by atoms with van der Waals surface area (Å²) in [7, 11) is 6.14. The first-order valence-corrected chi connectivity index (χ1v) is 3.73. The Labute approximate surface area is 72.6 Å². The third kappa shape index (κ3) is 8.97. The van der Waals surface area contributed by atoms with Gasteiger partial charge < -0.3 is 14.3 Å². The van der Waals surface area contributed by atoms with Crippen LogP contribution in [0.1, 0.15) is 0 Å². The standard InChI is InChI=1S/C8H15NO3/c1-9(2,3)5-7-12-6-4-8(10)11/h4,6H,5,7H2,1-3H3/p+1. The van der Waals surface area contributed by atoms with Gasteiger partial charge in [-0.3, -0.25) is 0 Å². The highest BCUT2D eigenvalue weighted by Crippen LogP contribution is 1.89. The van der Waals surface area contributed by atoms with Gasteiger partial charge in [0.2, 0.25) is 0 Å². The van der Waals surface area contributed by atoms with E-state index in [0.717, 1.165) is 17.1 Å². The van der Waals surface area contributed by atoms with Crippen LogP contribution in [0, 0.1) is 0 Å². The quantitative estimate of drug-likeness (QED) is 0.282. The maximum Gasteiger partial charge on any atom is 0.331 e. The number of ether oxygens (including phenoxy) is 1. The topological polar surface area (TPSA) is 46.5 Å². The van der Waals surface area contributed by atoms with Crippen molar-refractivity contribution in [3.63, 3.8) is 0 Å². The number of quaternary nitrogens is 1. The predicted molar refractivity (Wildman–Crippen MR) is 45.6 cm³/mol. The fourth-order valence-electron chi connectivity index (χ4n) is 0.501. The van der Waals surface area contributed by atoms with Crippen molar-refractivity contribution in [3.05, 3.63) is 12.3 Å². The molecule has 1 N–H and O–H groups in total. The van der Waals surface area contributed by atoms with Gasteiger partial charge in [0.1, 0.15) is 13.2 Å². The van der Waals surface area contributed by atoms with Crippen molar-refractivity contribution in [2.75, 3.05) is 34.3 Å². The average molecular weight is 174 g/mol. The Bertz CT molecular complexity index is 170. The zero-order valence-corrected chi connectivity index (χ0v) is 7.78. The summed E-state index contributed by atoms with van der Waals surface area (Å²) in [6.07, 6.45) is 2.19. The molecule has 4 heteroatoms. The molecule has 0 aliphatic carbocycles. The van der Waals surface area contributed by atoms with Gasteiger partial charge in [0.15, 0.2) is 0 Å². The van der Waals surface area contributed by atoms with Crippen LogP contribution < -0.4 is 0 Å². The van der Waals surface area contributed by atoms with Gasteiger partial charge in [0.05, 0.1) is 33.5 Å². The molecule has 4 nitrogen and oxygen atoms in total. The van der Waals surface area contributed by atoms with E-state index in [2.05, 4.69) is 0 Å². The molecule has 0 aliphatic rings. The van der Waals surface area contributed by atoms with Crippen LogP contribution in [0.25, 0.3) is 0 Å². The second-order valence-electron chi connectivity index (χ2n) is 3.53. The minimum atomic E-state index is -0.986. The Kier molecular flexibility index (Phi) is 4.36. The zero-order valence-electron chi connectivity index (χ0n) is 7.78. The summed E-state index contributed by atoms with van der Waals surface area (Å²) < 4.78 is 5.75. The molecule has 0 heterocycles. The SMILES string of the molecule is C[N+](C)(C)CCOC=CC(=O)O. The first-order valence-electron chi connectivity index (χ1n) is 3.73. The summed E-state index contributed by atoms with van der Waals surface area (Å²) in [6, 6.07) is 0. The van der Waals surface area contributed by atoms with E-state index in [9.17, 15) is 4.79 Å². The lowest BCUT2D eigenvalue weighted by atomic mass is 10.5. The summed E-state index contributed by atoms with van der Waals surface area (Å²) in [6.45, 7) is 1.39. The number of carbonyl (C=O) groups is 1. The molecule has 0 aromatic carbocycles. The summed E-state index contributed by atoms with van der Waals surface area (Å²) >= 11 is 0. The molecule has 0 atom stereocenters. The van der Waals surface area contributed by atoms with E-state index < -0.39 is 5.97 Å². The van der Waals surface area contributed by atoms with Crippen LogP contribution in [0.2, 0.25) is 0 Å². The van der Waals surface area contributed by atoms with E-state index in [0.29, 0.717) is 6.61 Å². The monoisotopic (exact) mass is 174 g/mol. The molecule has 0 fully saturated rings. The summed E-state index contributed by atoms with van der Waals surface area (Å²) in [5.74, 6) is -0.986. The molecule has 0 radical (unpaired) electrons. The molecule has 0 saturated carbocycles. The van der Waals surface area contributed by atoms with Gasteiger partial charge >= 0.3 is 5.97 Å². The fraction of sp³-hybridized carbons (Fsp3) is 0.625. The van der Waals surface area contributed by atoms with Crippen molar-refractivity contribution in [1.82, 2.24) is 0 Å². The van der Waals surface area contributed by atoms with Gasteiger partial charge in [-0.05, 0) is 0 Å². The molecule has 0 amide bonds. The van der Waals surface area contributed by atoms with E-state index in [1.807, 2.05) is 21.1 Å². The first kappa shape index (κ1) is 11.0. The van der Waals surface area contributed by atoms with Crippen molar-refractivity contribution in [3.8, 4) is 0 Å². The van der Waals surface area contributed by atoms with Crippen LogP contribution >= 0.6 is 0 Å². The smallest absolute Gasteiger partial charge is 0.331 e. The fourth-order valence-corrected chi connectivity index (χ4v) is 0.501. The van der Waals surface area contributed by atoms with E-state index in [-0.39, 0.29) is 0 Å². The molecule has 0 aliphatic heterocycles. The summed E-state index contributed by atoms with van der Waals surface area (Å²) in [5, 5.41) is 8.20.